The smallest absolute Gasteiger partial charge is 0.193 e. The van der Waals surface area contributed by atoms with Crippen molar-refractivity contribution in [3.05, 3.63) is 11.6 Å². The number of hydrogen-bond acceptors (Lipinski definition) is 1. The van der Waals surface area contributed by atoms with Crippen molar-refractivity contribution >= 4 is 19.9 Å². The Morgan fingerprint density at radius 3 is 2.38 bits per heavy atom. The Balaban J connectivity index is 4.23. The Kier molecular flexibility index (Phi) is 6.40. The maximum absolute atomic E-state index is 5.93. The van der Waals surface area contributed by atoms with Crippen molar-refractivity contribution in [2.24, 2.45) is 0 Å². The van der Waals surface area contributed by atoms with Gasteiger partial charge in [-0.15, -0.1) is 11.6 Å². The molecule has 0 saturated carbocycles. The quantitative estimate of drug-likeness (QED) is 0.419. The second-order valence-electron chi connectivity index (χ2n) is 5.39. The zero-order valence-corrected chi connectivity index (χ0v) is 13.0. The van der Waals surface area contributed by atoms with Gasteiger partial charge in [0, 0.05) is 5.88 Å². The first-order chi connectivity index (χ1) is 7.20. The molecule has 92 valence electrons. The van der Waals surface area contributed by atoms with Gasteiger partial charge in [0.05, 0.1) is 6.61 Å². The lowest BCUT2D eigenvalue weighted by atomic mass is 10.2. The van der Waals surface area contributed by atoms with Crippen LogP contribution in [-0.4, -0.2) is 20.8 Å². The minimum absolute atomic E-state index is 0.246. The topological polar surface area (TPSA) is 9.23 Å². The van der Waals surface area contributed by atoms with E-state index in [1.165, 1.54) is 0 Å². The summed E-state index contributed by atoms with van der Waals surface area (Å²) in [5.74, 6) is 6.58. The summed E-state index contributed by atoms with van der Waals surface area (Å²) in [5, 5.41) is 0.246. The van der Waals surface area contributed by atoms with Crippen molar-refractivity contribution in [2.75, 3.05) is 12.5 Å². The highest BCUT2D eigenvalue weighted by molar-refractivity contribution is 6.74. The van der Waals surface area contributed by atoms with E-state index in [2.05, 4.69) is 45.7 Å². The molecule has 16 heavy (non-hydrogen) atoms. The highest BCUT2D eigenvalue weighted by atomic mass is 35.5. The molecule has 0 heterocycles. The predicted molar refractivity (Wildman–Crippen MR) is 75.4 cm³/mol. The van der Waals surface area contributed by atoms with Crippen molar-refractivity contribution in [2.45, 2.75) is 45.8 Å². The molecule has 3 heteroatoms. The number of allylic oxidation sites excluding steroid dienone is 2. The molecule has 0 rings (SSSR count). The van der Waals surface area contributed by atoms with Crippen molar-refractivity contribution in [3.8, 4) is 11.8 Å². The van der Waals surface area contributed by atoms with E-state index in [1.54, 1.807) is 0 Å². The van der Waals surface area contributed by atoms with Crippen LogP contribution in [0.3, 0.4) is 0 Å². The van der Waals surface area contributed by atoms with Crippen molar-refractivity contribution in [3.63, 3.8) is 0 Å². The minimum Gasteiger partial charge on any atom is -0.406 e. The monoisotopic (exact) mass is 258 g/mol. The molecule has 0 aliphatic carbocycles. The van der Waals surface area contributed by atoms with E-state index in [9.17, 15) is 0 Å². The van der Waals surface area contributed by atoms with Crippen molar-refractivity contribution < 1.29 is 4.43 Å². The summed E-state index contributed by atoms with van der Waals surface area (Å²) in [6, 6.07) is 0. The van der Waals surface area contributed by atoms with Gasteiger partial charge in [0.1, 0.15) is 0 Å². The Bertz CT molecular complexity index is 302. The highest BCUT2D eigenvalue weighted by Crippen LogP contribution is 2.36. The SMILES string of the molecule is C/C(C#CCO[Si](C)(C)C(C)(C)C)=C\CCl. The van der Waals surface area contributed by atoms with Gasteiger partial charge in [0.15, 0.2) is 8.32 Å². The van der Waals surface area contributed by atoms with Crippen LogP contribution in [0.4, 0.5) is 0 Å². The fourth-order valence-corrected chi connectivity index (χ4v) is 1.87. The first-order valence-electron chi connectivity index (χ1n) is 5.56. The van der Waals surface area contributed by atoms with E-state index >= 15 is 0 Å². The van der Waals surface area contributed by atoms with E-state index in [0.29, 0.717) is 12.5 Å². The number of rotatable bonds is 3. The van der Waals surface area contributed by atoms with Crippen LogP contribution in [0, 0.1) is 11.8 Å². The standard InChI is InChI=1S/C13H23ClOSi/c1-12(9-10-14)8-7-11-15-16(5,6)13(2,3)4/h9H,10-11H2,1-6H3/b12-9+. The normalized spacial score (nSPS) is 13.3. The van der Waals surface area contributed by atoms with Gasteiger partial charge in [0.2, 0.25) is 0 Å². The van der Waals surface area contributed by atoms with Crippen molar-refractivity contribution in [1.29, 1.82) is 0 Å². The highest BCUT2D eigenvalue weighted by Gasteiger charge is 2.36. The van der Waals surface area contributed by atoms with Crippen LogP contribution in [-0.2, 0) is 4.43 Å². The van der Waals surface area contributed by atoms with E-state index in [1.807, 2.05) is 13.0 Å². The number of hydrogen-bond donors (Lipinski definition) is 0. The molecule has 0 aliphatic heterocycles. The van der Waals surface area contributed by atoms with Crippen LogP contribution in [0.15, 0.2) is 11.6 Å². The molecule has 0 N–H and O–H groups in total. The Labute approximate surface area is 106 Å². The fourth-order valence-electron chi connectivity index (χ4n) is 0.775. The van der Waals surface area contributed by atoms with Crippen LogP contribution in [0.25, 0.3) is 0 Å². The number of halogens is 1. The van der Waals surface area contributed by atoms with E-state index in [4.69, 9.17) is 16.0 Å². The summed E-state index contributed by atoms with van der Waals surface area (Å²) in [5.41, 5.74) is 1.01. The summed E-state index contributed by atoms with van der Waals surface area (Å²) in [4.78, 5) is 0. The van der Waals surface area contributed by atoms with Gasteiger partial charge in [-0.2, -0.15) is 0 Å². The summed E-state index contributed by atoms with van der Waals surface area (Å²) >= 11 is 5.57. The fraction of sp³-hybridized carbons (Fsp3) is 0.692. The van der Waals surface area contributed by atoms with Crippen LogP contribution >= 0.6 is 11.6 Å². The Hall–Kier alpha value is -0.233. The molecule has 1 nitrogen and oxygen atoms in total. The van der Waals surface area contributed by atoms with Gasteiger partial charge >= 0.3 is 0 Å². The molecule has 0 amide bonds. The maximum atomic E-state index is 5.93. The molecule has 0 aromatic rings. The molecule has 0 unspecified atom stereocenters. The minimum atomic E-state index is -1.64. The summed E-state index contributed by atoms with van der Waals surface area (Å²) in [6.07, 6.45) is 1.90. The molecule has 0 atom stereocenters. The average Bonchev–Trinajstić information content (AvgIpc) is 2.11. The second-order valence-corrected chi connectivity index (χ2v) is 10.5. The molecule has 0 fully saturated rings. The lowest BCUT2D eigenvalue weighted by molar-refractivity contribution is 0.334. The molecule has 0 spiro atoms. The van der Waals surface area contributed by atoms with E-state index < -0.39 is 8.32 Å². The molecular weight excluding hydrogens is 236 g/mol. The van der Waals surface area contributed by atoms with Gasteiger partial charge in [-0.3, -0.25) is 0 Å². The van der Waals surface area contributed by atoms with E-state index in [-0.39, 0.29) is 5.04 Å². The van der Waals surface area contributed by atoms with Crippen LogP contribution < -0.4 is 0 Å². The maximum Gasteiger partial charge on any atom is 0.193 e. The van der Waals surface area contributed by atoms with Crippen LogP contribution in [0.2, 0.25) is 18.1 Å². The summed E-state index contributed by atoms with van der Waals surface area (Å²) < 4.78 is 5.93. The Morgan fingerprint density at radius 2 is 1.94 bits per heavy atom. The lowest BCUT2D eigenvalue weighted by Crippen LogP contribution is -2.40. The summed E-state index contributed by atoms with van der Waals surface area (Å²) in [7, 11) is -1.64. The summed E-state index contributed by atoms with van der Waals surface area (Å²) in [6.45, 7) is 13.6. The molecule has 0 aromatic carbocycles. The van der Waals surface area contributed by atoms with Gasteiger partial charge < -0.3 is 4.43 Å². The first-order valence-corrected chi connectivity index (χ1v) is 9.00. The predicted octanol–water partition coefficient (Wildman–Crippen LogP) is 4.20. The molecule has 0 aromatic heterocycles. The first kappa shape index (κ1) is 15.8. The van der Waals surface area contributed by atoms with Gasteiger partial charge in [0.25, 0.3) is 0 Å². The van der Waals surface area contributed by atoms with Gasteiger partial charge in [-0.1, -0.05) is 38.7 Å². The molecular formula is C13H23ClOSi. The average molecular weight is 259 g/mol. The molecule has 0 bridgehead atoms. The van der Waals surface area contributed by atoms with Gasteiger partial charge in [-0.05, 0) is 30.6 Å². The van der Waals surface area contributed by atoms with Crippen LogP contribution in [0.5, 0.6) is 0 Å². The zero-order chi connectivity index (χ0) is 12.8. The van der Waals surface area contributed by atoms with Crippen LogP contribution in [0.1, 0.15) is 27.7 Å². The molecule has 0 aliphatic rings. The number of alkyl halides is 1. The third kappa shape index (κ3) is 5.74. The third-order valence-corrected chi connectivity index (χ3v) is 7.61. The molecule has 0 saturated heterocycles. The zero-order valence-electron chi connectivity index (χ0n) is 11.3. The van der Waals surface area contributed by atoms with E-state index in [0.717, 1.165) is 5.57 Å². The molecule has 0 radical (unpaired) electrons. The Morgan fingerprint density at radius 1 is 1.38 bits per heavy atom. The van der Waals surface area contributed by atoms with Crippen molar-refractivity contribution in [1.82, 2.24) is 0 Å². The third-order valence-electron chi connectivity index (χ3n) is 2.98. The second kappa shape index (κ2) is 6.49. The largest absolute Gasteiger partial charge is 0.406 e. The van der Waals surface area contributed by atoms with Gasteiger partial charge in [-0.25, -0.2) is 0 Å². The lowest BCUT2D eigenvalue weighted by Gasteiger charge is -2.35.